The van der Waals surface area contributed by atoms with Gasteiger partial charge in [-0.15, -0.1) is 23.1 Å². The lowest BCUT2D eigenvalue weighted by atomic mass is 9.96. The van der Waals surface area contributed by atoms with Crippen molar-refractivity contribution in [3.63, 3.8) is 0 Å². The molecule has 32 heavy (non-hydrogen) atoms. The van der Waals surface area contributed by atoms with Crippen molar-refractivity contribution in [3.05, 3.63) is 69.1 Å². The van der Waals surface area contributed by atoms with Gasteiger partial charge in [0.15, 0.2) is 0 Å². The summed E-state index contributed by atoms with van der Waals surface area (Å²) in [4.78, 5) is 23.6. The number of fused-ring (bicyclic) bond motifs is 2. The van der Waals surface area contributed by atoms with Crippen molar-refractivity contribution in [2.24, 2.45) is 0 Å². The molecule has 0 spiro atoms. The standard InChI is InChI=1S/C24H23N5OS2/c1-28-11-9-18-17(15-28)22(21-8-4-12-31-21)16(14-25)23(26-18)32-13-5-10-29-20-7-3-2-6-19(20)27-24(29)30/h2-4,6-8,12H,5,9-11,13,15H2,1H3,(H,27,30). The first kappa shape index (κ1) is 21.0. The van der Waals surface area contributed by atoms with Gasteiger partial charge in [0.05, 0.1) is 16.6 Å². The van der Waals surface area contributed by atoms with Crippen molar-refractivity contribution >= 4 is 34.1 Å². The van der Waals surface area contributed by atoms with Gasteiger partial charge in [-0.3, -0.25) is 4.57 Å². The van der Waals surface area contributed by atoms with E-state index in [1.807, 2.05) is 30.3 Å². The van der Waals surface area contributed by atoms with Crippen LogP contribution < -0.4 is 5.69 Å². The lowest BCUT2D eigenvalue weighted by Gasteiger charge is -2.27. The van der Waals surface area contributed by atoms with Crippen molar-refractivity contribution < 1.29 is 0 Å². The van der Waals surface area contributed by atoms with E-state index < -0.39 is 0 Å². The maximum atomic E-state index is 12.3. The van der Waals surface area contributed by atoms with Crippen molar-refractivity contribution in [3.8, 4) is 16.5 Å². The summed E-state index contributed by atoms with van der Waals surface area (Å²) in [6, 6.07) is 14.3. The van der Waals surface area contributed by atoms with E-state index in [1.165, 1.54) is 5.56 Å². The van der Waals surface area contributed by atoms with E-state index in [4.69, 9.17) is 4.98 Å². The van der Waals surface area contributed by atoms with E-state index in [9.17, 15) is 10.1 Å². The molecule has 0 radical (unpaired) electrons. The number of nitrogens with zero attached hydrogens (tertiary/aromatic N) is 4. The van der Waals surface area contributed by atoms with Crippen LogP contribution in [-0.4, -0.2) is 38.8 Å². The fraction of sp³-hybridized carbons (Fsp3) is 0.292. The second-order valence-electron chi connectivity index (χ2n) is 7.97. The second kappa shape index (κ2) is 8.94. The number of likely N-dealkylation sites (N-methyl/N-ethyl adjacent to an activating group) is 1. The van der Waals surface area contributed by atoms with Gasteiger partial charge < -0.3 is 9.88 Å². The molecule has 0 saturated carbocycles. The molecule has 0 unspecified atom stereocenters. The average molecular weight is 462 g/mol. The van der Waals surface area contributed by atoms with E-state index in [-0.39, 0.29) is 5.69 Å². The normalized spacial score (nSPS) is 13.9. The molecule has 1 aromatic carbocycles. The molecule has 0 bridgehead atoms. The van der Waals surface area contributed by atoms with Crippen LogP contribution in [0, 0.1) is 11.3 Å². The van der Waals surface area contributed by atoms with Crippen LogP contribution in [0.5, 0.6) is 0 Å². The number of pyridine rings is 1. The van der Waals surface area contributed by atoms with Crippen molar-refractivity contribution in [2.45, 2.75) is 31.0 Å². The molecule has 0 aliphatic carbocycles. The summed E-state index contributed by atoms with van der Waals surface area (Å²) >= 11 is 3.29. The SMILES string of the molecule is CN1CCc2nc(SCCCn3c(=O)[nH]c4ccccc43)c(C#N)c(-c3cccs3)c2C1. The van der Waals surface area contributed by atoms with Crippen molar-refractivity contribution in [1.82, 2.24) is 19.4 Å². The average Bonchev–Trinajstić information content (AvgIpc) is 3.43. The van der Waals surface area contributed by atoms with Crippen LogP contribution >= 0.6 is 23.1 Å². The van der Waals surface area contributed by atoms with Crippen LogP contribution in [0.15, 0.2) is 51.6 Å². The zero-order valence-electron chi connectivity index (χ0n) is 17.8. The minimum absolute atomic E-state index is 0.0788. The number of imidazole rings is 1. The first-order valence-electron chi connectivity index (χ1n) is 10.6. The van der Waals surface area contributed by atoms with E-state index in [0.717, 1.165) is 63.9 Å². The van der Waals surface area contributed by atoms with Crippen LogP contribution in [0.2, 0.25) is 0 Å². The molecule has 4 aromatic rings. The molecule has 8 heteroatoms. The van der Waals surface area contributed by atoms with Gasteiger partial charge in [-0.2, -0.15) is 5.26 Å². The van der Waals surface area contributed by atoms with Crippen LogP contribution in [0.4, 0.5) is 0 Å². The number of aromatic nitrogens is 3. The first-order chi connectivity index (χ1) is 15.7. The Morgan fingerprint density at radius 2 is 2.16 bits per heavy atom. The molecule has 6 nitrogen and oxygen atoms in total. The highest BCUT2D eigenvalue weighted by Gasteiger charge is 2.25. The second-order valence-corrected chi connectivity index (χ2v) is 10.0. The summed E-state index contributed by atoms with van der Waals surface area (Å²) in [6.07, 6.45) is 1.71. The maximum Gasteiger partial charge on any atom is 0.326 e. The lowest BCUT2D eigenvalue weighted by Crippen LogP contribution is -2.28. The Kier molecular flexibility index (Phi) is 5.87. The number of thiophene rings is 1. The van der Waals surface area contributed by atoms with Gasteiger partial charge in [0.2, 0.25) is 0 Å². The topological polar surface area (TPSA) is 77.7 Å². The number of H-pyrrole nitrogens is 1. The van der Waals surface area contributed by atoms with E-state index >= 15 is 0 Å². The largest absolute Gasteiger partial charge is 0.326 e. The number of aromatic amines is 1. The molecule has 1 aliphatic heterocycles. The summed E-state index contributed by atoms with van der Waals surface area (Å²) in [7, 11) is 2.11. The summed E-state index contributed by atoms with van der Waals surface area (Å²) in [5, 5.41) is 12.9. The number of nitrogens with one attached hydrogen (secondary N) is 1. The summed E-state index contributed by atoms with van der Waals surface area (Å²) in [5.41, 5.74) is 5.73. The number of thioether (sulfide) groups is 1. The molecule has 162 valence electrons. The molecular weight excluding hydrogens is 438 g/mol. The molecule has 1 aliphatic rings. The minimum Gasteiger partial charge on any atom is -0.306 e. The number of para-hydroxylation sites is 2. The third kappa shape index (κ3) is 3.88. The number of hydrogen-bond acceptors (Lipinski definition) is 6. The van der Waals surface area contributed by atoms with Crippen LogP contribution in [-0.2, 0) is 19.5 Å². The van der Waals surface area contributed by atoms with Gasteiger partial charge >= 0.3 is 5.69 Å². The summed E-state index contributed by atoms with van der Waals surface area (Å²) in [5.74, 6) is 0.788. The predicted octanol–water partition coefficient (Wildman–Crippen LogP) is 4.50. The molecule has 0 amide bonds. The third-order valence-electron chi connectivity index (χ3n) is 5.83. The van der Waals surface area contributed by atoms with Gasteiger partial charge in [0, 0.05) is 47.9 Å². The lowest BCUT2D eigenvalue weighted by molar-refractivity contribution is 0.310. The number of nitriles is 1. The smallest absolute Gasteiger partial charge is 0.306 e. The molecule has 0 saturated heterocycles. The van der Waals surface area contributed by atoms with Crippen LogP contribution in [0.3, 0.4) is 0 Å². The van der Waals surface area contributed by atoms with Gasteiger partial charge in [-0.25, -0.2) is 9.78 Å². The van der Waals surface area contributed by atoms with Crippen molar-refractivity contribution in [2.75, 3.05) is 19.3 Å². The zero-order valence-corrected chi connectivity index (χ0v) is 19.4. The number of aryl methyl sites for hydroxylation is 1. The quantitative estimate of drug-likeness (QED) is 0.338. The molecule has 0 fully saturated rings. The highest BCUT2D eigenvalue weighted by atomic mass is 32.2. The molecule has 3 aromatic heterocycles. The Balaban J connectivity index is 1.40. The highest BCUT2D eigenvalue weighted by molar-refractivity contribution is 7.99. The van der Waals surface area contributed by atoms with Gasteiger partial charge in [-0.05, 0) is 42.6 Å². The fourth-order valence-electron chi connectivity index (χ4n) is 4.29. The van der Waals surface area contributed by atoms with Gasteiger partial charge in [-0.1, -0.05) is 18.2 Å². The monoisotopic (exact) mass is 461 g/mol. The Morgan fingerprint density at radius 3 is 2.97 bits per heavy atom. The Morgan fingerprint density at radius 1 is 1.28 bits per heavy atom. The highest BCUT2D eigenvalue weighted by Crippen LogP contribution is 2.39. The maximum absolute atomic E-state index is 12.3. The van der Waals surface area contributed by atoms with Gasteiger partial charge in [0.25, 0.3) is 0 Å². The molecule has 0 atom stereocenters. The molecule has 1 N–H and O–H groups in total. The van der Waals surface area contributed by atoms with E-state index in [2.05, 4.69) is 34.4 Å². The van der Waals surface area contributed by atoms with E-state index in [1.54, 1.807) is 27.7 Å². The van der Waals surface area contributed by atoms with Crippen LogP contribution in [0.1, 0.15) is 23.2 Å². The molecular formula is C24H23N5OS2. The predicted molar refractivity (Wildman–Crippen MR) is 130 cm³/mol. The Hall–Kier alpha value is -2.86. The first-order valence-corrected chi connectivity index (χ1v) is 12.5. The Labute approximate surface area is 194 Å². The third-order valence-corrected chi connectivity index (χ3v) is 7.78. The summed E-state index contributed by atoms with van der Waals surface area (Å²) < 4.78 is 1.79. The van der Waals surface area contributed by atoms with Gasteiger partial charge in [0.1, 0.15) is 11.1 Å². The zero-order chi connectivity index (χ0) is 22.1. The summed E-state index contributed by atoms with van der Waals surface area (Å²) in [6.45, 7) is 2.42. The fourth-order valence-corrected chi connectivity index (χ4v) is 6.03. The molecule has 4 heterocycles. The molecule has 5 rings (SSSR count). The Bertz CT molecular complexity index is 1360. The number of benzene rings is 1. The number of rotatable bonds is 6. The van der Waals surface area contributed by atoms with E-state index in [0.29, 0.717) is 12.1 Å². The van der Waals surface area contributed by atoms with Crippen molar-refractivity contribution in [1.29, 1.82) is 5.26 Å². The minimum atomic E-state index is -0.0788. The van der Waals surface area contributed by atoms with Crippen LogP contribution in [0.25, 0.3) is 21.5 Å². The number of hydrogen-bond donors (Lipinski definition) is 1.